The molecule has 208 valence electrons. The van der Waals surface area contributed by atoms with Crippen LogP contribution in [-0.2, 0) is 16.8 Å². The second kappa shape index (κ2) is 10.7. The number of fused-ring (bicyclic) bond motifs is 1. The van der Waals surface area contributed by atoms with Crippen LogP contribution in [0.15, 0.2) is 72.8 Å². The van der Waals surface area contributed by atoms with E-state index in [4.69, 9.17) is 16.3 Å². The number of nitrogens with zero attached hydrogens (tertiary/aromatic N) is 1. The van der Waals surface area contributed by atoms with Gasteiger partial charge in [-0.15, -0.1) is 0 Å². The Hall–Kier alpha value is -3.24. The fraction of sp³-hybridized carbons (Fsp3) is 0.321. The summed E-state index contributed by atoms with van der Waals surface area (Å²) in [6.07, 6.45) is -12.6. The molecule has 1 heterocycles. The molecule has 1 aliphatic rings. The molecule has 3 aromatic carbocycles. The van der Waals surface area contributed by atoms with E-state index in [0.29, 0.717) is 28.5 Å². The van der Waals surface area contributed by atoms with Crippen molar-refractivity contribution in [1.82, 2.24) is 0 Å². The lowest BCUT2D eigenvalue weighted by atomic mass is 9.89. The van der Waals surface area contributed by atoms with Crippen LogP contribution >= 0.6 is 11.6 Å². The van der Waals surface area contributed by atoms with E-state index < -0.39 is 41.4 Å². The smallest absolute Gasteiger partial charge is 0.430 e. The van der Waals surface area contributed by atoms with Gasteiger partial charge in [-0.2, -0.15) is 26.3 Å². The number of amides is 1. The second-order valence-corrected chi connectivity index (χ2v) is 9.80. The number of carbonyl (C=O) groups excluding carboxylic acids is 1. The van der Waals surface area contributed by atoms with Crippen LogP contribution in [0.2, 0.25) is 5.02 Å². The molecule has 0 unspecified atom stereocenters. The summed E-state index contributed by atoms with van der Waals surface area (Å²) in [7, 11) is 0. The first kappa shape index (κ1) is 28.8. The Balaban J connectivity index is 1.77. The number of alkyl halides is 6. The highest BCUT2D eigenvalue weighted by molar-refractivity contribution is 6.30. The highest BCUT2D eigenvalue weighted by Gasteiger charge is 2.71. The summed E-state index contributed by atoms with van der Waals surface area (Å²) in [5, 5.41) is 10.3. The predicted molar refractivity (Wildman–Crippen MR) is 134 cm³/mol. The molecule has 4 nitrogen and oxygen atoms in total. The normalized spacial score (nSPS) is 17.3. The van der Waals surface area contributed by atoms with E-state index in [0.717, 1.165) is 6.07 Å². The van der Waals surface area contributed by atoms with Crippen molar-refractivity contribution in [2.24, 2.45) is 0 Å². The van der Waals surface area contributed by atoms with Crippen LogP contribution in [0.25, 0.3) is 0 Å². The first-order valence-corrected chi connectivity index (χ1v) is 12.4. The first-order valence-electron chi connectivity index (χ1n) is 12.0. The SMILES string of the molecule is C[C@H](C(=O)N1C[C@@H](Oc2cccc(Cl)c2)CCc2cc(C(O)(C(F)(F)F)C(F)(F)F)ccc21)c1ccccc1. The summed E-state index contributed by atoms with van der Waals surface area (Å²) in [6.45, 7) is 1.65. The van der Waals surface area contributed by atoms with Crippen molar-refractivity contribution < 1.29 is 41.0 Å². The van der Waals surface area contributed by atoms with Crippen LogP contribution in [0, 0.1) is 0 Å². The molecule has 0 saturated carbocycles. The minimum absolute atomic E-state index is 0.0102. The van der Waals surface area contributed by atoms with Crippen LogP contribution in [0.3, 0.4) is 0 Å². The van der Waals surface area contributed by atoms with Crippen molar-refractivity contribution in [2.45, 2.75) is 49.7 Å². The third kappa shape index (κ3) is 5.72. The minimum atomic E-state index is -6.03. The number of hydrogen-bond donors (Lipinski definition) is 1. The van der Waals surface area contributed by atoms with Crippen molar-refractivity contribution in [3.63, 3.8) is 0 Å². The minimum Gasteiger partial charge on any atom is -0.489 e. The molecule has 0 fully saturated rings. The van der Waals surface area contributed by atoms with Gasteiger partial charge in [-0.25, -0.2) is 0 Å². The maximum Gasteiger partial charge on any atom is 0.430 e. The molecule has 11 heteroatoms. The number of hydrogen-bond acceptors (Lipinski definition) is 3. The number of carbonyl (C=O) groups is 1. The molecule has 1 aliphatic heterocycles. The zero-order valence-corrected chi connectivity index (χ0v) is 21.3. The van der Waals surface area contributed by atoms with E-state index in [-0.39, 0.29) is 30.6 Å². The summed E-state index contributed by atoms with van der Waals surface area (Å²) >= 11 is 6.04. The van der Waals surface area contributed by atoms with Crippen LogP contribution in [-0.4, -0.2) is 36.0 Å². The lowest BCUT2D eigenvalue weighted by molar-refractivity contribution is -0.376. The van der Waals surface area contributed by atoms with Gasteiger partial charge in [-0.3, -0.25) is 4.79 Å². The van der Waals surface area contributed by atoms with Gasteiger partial charge in [0.05, 0.1) is 12.5 Å². The standard InChI is InChI=1S/C28H24ClF6NO3/c1-17(18-6-3-2-4-7-18)25(37)36-16-23(39-22-9-5-8-21(29)15-22)12-10-19-14-20(11-13-24(19)36)26(38,27(30,31)32)28(33,34)35/h2-9,11,13-15,17,23,38H,10,12,16H2,1H3/t17-,23-/m0/s1. The first-order chi connectivity index (χ1) is 18.2. The molecule has 4 rings (SSSR count). The number of aliphatic hydroxyl groups is 1. The van der Waals surface area contributed by atoms with Gasteiger partial charge in [-0.1, -0.05) is 60.1 Å². The van der Waals surface area contributed by atoms with E-state index in [9.17, 15) is 36.2 Å². The van der Waals surface area contributed by atoms with E-state index in [1.165, 1.54) is 4.90 Å². The summed E-state index contributed by atoms with van der Waals surface area (Å²) < 4.78 is 87.4. The van der Waals surface area contributed by atoms with Gasteiger partial charge >= 0.3 is 12.4 Å². The van der Waals surface area contributed by atoms with Gasteiger partial charge in [0.15, 0.2) is 0 Å². The van der Waals surface area contributed by atoms with Gasteiger partial charge in [0.1, 0.15) is 11.9 Å². The predicted octanol–water partition coefficient (Wildman–Crippen LogP) is 7.18. The van der Waals surface area contributed by atoms with Crippen LogP contribution in [0.5, 0.6) is 5.75 Å². The molecule has 0 saturated heterocycles. The van der Waals surface area contributed by atoms with Crippen molar-refractivity contribution in [3.05, 3.63) is 94.5 Å². The topological polar surface area (TPSA) is 49.8 Å². The number of anilines is 1. The highest BCUT2D eigenvalue weighted by Crippen LogP contribution is 2.51. The third-order valence-corrected chi connectivity index (χ3v) is 7.00. The second-order valence-electron chi connectivity index (χ2n) is 9.37. The van der Waals surface area contributed by atoms with E-state index in [1.807, 2.05) is 0 Å². The van der Waals surface area contributed by atoms with Crippen LogP contribution in [0.4, 0.5) is 32.0 Å². The molecule has 1 amide bonds. The van der Waals surface area contributed by atoms with E-state index in [2.05, 4.69) is 0 Å². The lowest BCUT2D eigenvalue weighted by Crippen LogP contribution is -2.54. The van der Waals surface area contributed by atoms with E-state index in [1.54, 1.807) is 61.5 Å². The molecule has 0 radical (unpaired) electrons. The average molecular weight is 572 g/mol. The Labute approximate surface area is 225 Å². The molecular formula is C28H24ClF6NO3. The number of halogens is 7. The summed E-state index contributed by atoms with van der Waals surface area (Å²) in [6, 6.07) is 17.5. The van der Waals surface area contributed by atoms with Crippen molar-refractivity contribution in [1.29, 1.82) is 0 Å². The van der Waals surface area contributed by atoms with Gasteiger partial charge in [-0.05, 0) is 55.2 Å². The van der Waals surface area contributed by atoms with Gasteiger partial charge in [0, 0.05) is 16.3 Å². The maximum absolute atomic E-state index is 13.7. The molecule has 0 bridgehead atoms. The summed E-state index contributed by atoms with van der Waals surface area (Å²) in [5.74, 6) is -0.698. The summed E-state index contributed by atoms with van der Waals surface area (Å²) in [5.41, 5.74) is -5.58. The summed E-state index contributed by atoms with van der Waals surface area (Å²) in [4.78, 5) is 15.0. The average Bonchev–Trinajstić information content (AvgIpc) is 3.05. The van der Waals surface area contributed by atoms with Crippen molar-refractivity contribution in [2.75, 3.05) is 11.4 Å². The molecule has 1 N–H and O–H groups in total. The van der Waals surface area contributed by atoms with E-state index >= 15 is 0 Å². The number of ether oxygens (including phenoxy) is 1. The van der Waals surface area contributed by atoms with Crippen molar-refractivity contribution in [3.8, 4) is 5.75 Å². The maximum atomic E-state index is 13.7. The quantitative estimate of drug-likeness (QED) is 0.330. The monoisotopic (exact) mass is 571 g/mol. The largest absolute Gasteiger partial charge is 0.489 e. The zero-order chi connectivity index (χ0) is 28.6. The van der Waals surface area contributed by atoms with Gasteiger partial charge < -0.3 is 14.7 Å². The molecule has 39 heavy (non-hydrogen) atoms. The van der Waals surface area contributed by atoms with Crippen LogP contribution < -0.4 is 9.64 Å². The van der Waals surface area contributed by atoms with Crippen molar-refractivity contribution >= 4 is 23.2 Å². The Bertz CT molecular complexity index is 1310. The number of aryl methyl sites for hydroxylation is 1. The van der Waals surface area contributed by atoms with Crippen LogP contribution in [0.1, 0.15) is 36.0 Å². The highest BCUT2D eigenvalue weighted by atomic mass is 35.5. The fourth-order valence-corrected chi connectivity index (χ4v) is 4.81. The lowest BCUT2D eigenvalue weighted by Gasteiger charge is -2.34. The van der Waals surface area contributed by atoms with Gasteiger partial charge in [0.2, 0.25) is 5.91 Å². The number of rotatable bonds is 5. The molecule has 2 atom stereocenters. The van der Waals surface area contributed by atoms with Gasteiger partial charge in [0.25, 0.3) is 5.60 Å². The Morgan fingerprint density at radius 2 is 1.64 bits per heavy atom. The molecule has 0 aliphatic carbocycles. The third-order valence-electron chi connectivity index (χ3n) is 6.77. The molecular weight excluding hydrogens is 548 g/mol. The fourth-order valence-electron chi connectivity index (χ4n) is 4.63. The number of benzene rings is 3. The molecule has 3 aromatic rings. The molecule has 0 spiro atoms. The molecule has 0 aromatic heterocycles. The Kier molecular flexibility index (Phi) is 7.91. The Morgan fingerprint density at radius 1 is 0.974 bits per heavy atom. The zero-order valence-electron chi connectivity index (χ0n) is 20.6. The Morgan fingerprint density at radius 3 is 2.26 bits per heavy atom.